The lowest BCUT2D eigenvalue weighted by Gasteiger charge is -2.19. The predicted octanol–water partition coefficient (Wildman–Crippen LogP) is 2.80. The van der Waals surface area contributed by atoms with Crippen molar-refractivity contribution in [2.24, 2.45) is 5.92 Å². The first kappa shape index (κ1) is 15.0. The molecule has 0 spiro atoms. The summed E-state index contributed by atoms with van der Waals surface area (Å²) in [7, 11) is 0. The molecular formula is C17H25N2O. The van der Waals surface area contributed by atoms with E-state index in [-0.39, 0.29) is 17.9 Å². The molecule has 0 saturated carbocycles. The van der Waals surface area contributed by atoms with Crippen molar-refractivity contribution in [3.63, 3.8) is 0 Å². The van der Waals surface area contributed by atoms with E-state index >= 15 is 0 Å². The third-order valence-electron chi connectivity index (χ3n) is 3.84. The molecule has 0 bridgehead atoms. The van der Waals surface area contributed by atoms with Gasteiger partial charge in [0.05, 0.1) is 12.0 Å². The summed E-state index contributed by atoms with van der Waals surface area (Å²) in [6, 6.07) is 10.2. The fraction of sp³-hybridized carbons (Fsp3) is 0.529. The van der Waals surface area contributed by atoms with Gasteiger partial charge in [-0.25, -0.2) is 0 Å². The Bertz CT molecular complexity index is 430. The molecule has 3 nitrogen and oxygen atoms in total. The van der Waals surface area contributed by atoms with Gasteiger partial charge in [0.15, 0.2) is 0 Å². The van der Waals surface area contributed by atoms with Crippen LogP contribution in [0.1, 0.15) is 38.8 Å². The number of carbonyl (C=O) groups is 1. The minimum atomic E-state index is 0.0808. The van der Waals surface area contributed by atoms with Crippen molar-refractivity contribution in [1.82, 2.24) is 10.2 Å². The molecule has 20 heavy (non-hydrogen) atoms. The smallest absolute Gasteiger partial charge is 0.224 e. The van der Waals surface area contributed by atoms with Crippen LogP contribution in [-0.4, -0.2) is 30.4 Å². The van der Waals surface area contributed by atoms with Crippen LogP contribution in [0.25, 0.3) is 0 Å². The molecule has 1 heterocycles. The molecule has 2 atom stereocenters. The van der Waals surface area contributed by atoms with Crippen LogP contribution in [0, 0.1) is 11.8 Å². The van der Waals surface area contributed by atoms with E-state index in [0.29, 0.717) is 0 Å². The van der Waals surface area contributed by atoms with Crippen molar-refractivity contribution in [3.8, 4) is 0 Å². The molecule has 1 amide bonds. The monoisotopic (exact) mass is 273 g/mol. The highest BCUT2D eigenvalue weighted by molar-refractivity contribution is 5.79. The summed E-state index contributed by atoms with van der Waals surface area (Å²) in [6.07, 6.45) is 0.973. The molecule has 1 N–H and O–H groups in total. The third kappa shape index (κ3) is 4.07. The van der Waals surface area contributed by atoms with Crippen molar-refractivity contribution in [2.45, 2.75) is 33.2 Å². The number of rotatable bonds is 5. The van der Waals surface area contributed by atoms with Crippen molar-refractivity contribution in [1.29, 1.82) is 0 Å². The number of benzene rings is 1. The molecule has 3 heteroatoms. The number of likely N-dealkylation sites (tertiary alicyclic amines) is 1. The fourth-order valence-electron chi connectivity index (χ4n) is 2.79. The van der Waals surface area contributed by atoms with Crippen molar-refractivity contribution < 1.29 is 4.79 Å². The minimum absolute atomic E-state index is 0.0808. The topological polar surface area (TPSA) is 32.3 Å². The van der Waals surface area contributed by atoms with E-state index in [4.69, 9.17) is 0 Å². The molecule has 1 radical (unpaired) electrons. The highest BCUT2D eigenvalue weighted by Crippen LogP contribution is 2.20. The fourth-order valence-corrected chi connectivity index (χ4v) is 2.79. The average molecular weight is 273 g/mol. The highest BCUT2D eigenvalue weighted by Gasteiger charge is 2.29. The zero-order valence-corrected chi connectivity index (χ0v) is 12.7. The quantitative estimate of drug-likeness (QED) is 0.894. The predicted molar refractivity (Wildman–Crippen MR) is 82.1 cm³/mol. The van der Waals surface area contributed by atoms with Crippen LogP contribution in [0.3, 0.4) is 0 Å². The summed E-state index contributed by atoms with van der Waals surface area (Å²) in [5, 5.41) is 3.14. The van der Waals surface area contributed by atoms with Crippen molar-refractivity contribution >= 4 is 5.91 Å². The first-order valence-corrected chi connectivity index (χ1v) is 7.43. The van der Waals surface area contributed by atoms with Crippen LogP contribution in [0.5, 0.6) is 0 Å². The van der Waals surface area contributed by atoms with Gasteiger partial charge in [-0.2, -0.15) is 0 Å². The van der Waals surface area contributed by atoms with Crippen molar-refractivity contribution in [3.05, 3.63) is 41.8 Å². The summed E-state index contributed by atoms with van der Waals surface area (Å²) < 4.78 is 0. The van der Waals surface area contributed by atoms with Crippen LogP contribution in [-0.2, 0) is 4.79 Å². The Morgan fingerprint density at radius 3 is 2.70 bits per heavy atom. The second kappa shape index (κ2) is 6.89. The lowest BCUT2D eigenvalue weighted by atomic mass is 10.1. The highest BCUT2D eigenvalue weighted by atomic mass is 16.2. The number of carbonyl (C=O) groups excluding carboxylic acids is 1. The number of amides is 1. The average Bonchev–Trinajstić information content (AvgIpc) is 2.87. The lowest BCUT2D eigenvalue weighted by Crippen LogP contribution is -2.34. The van der Waals surface area contributed by atoms with E-state index in [1.54, 1.807) is 0 Å². The number of hydrogen-bond acceptors (Lipinski definition) is 2. The molecule has 1 aromatic carbocycles. The molecule has 1 fully saturated rings. The second-order valence-electron chi connectivity index (χ2n) is 6.07. The van der Waals surface area contributed by atoms with Gasteiger partial charge in [0.1, 0.15) is 0 Å². The first-order valence-electron chi connectivity index (χ1n) is 7.43. The molecule has 0 unspecified atom stereocenters. The molecule has 0 aliphatic carbocycles. The summed E-state index contributed by atoms with van der Waals surface area (Å²) in [5.41, 5.74) is 1.16. The molecule has 0 aromatic heterocycles. The Morgan fingerprint density at radius 1 is 1.35 bits per heavy atom. The molecule has 2 rings (SSSR count). The maximum absolute atomic E-state index is 12.3. The van der Waals surface area contributed by atoms with Crippen molar-refractivity contribution in [2.75, 3.05) is 19.6 Å². The SMILES string of the molecule is C[C](C)CN1CC[C@H](C(=O)N[C@H](C)c2ccccc2)C1. The van der Waals surface area contributed by atoms with Gasteiger partial charge in [-0.1, -0.05) is 44.2 Å². The van der Waals surface area contributed by atoms with Gasteiger partial charge in [-0.05, 0) is 31.4 Å². The summed E-state index contributed by atoms with van der Waals surface area (Å²) in [4.78, 5) is 14.7. The maximum Gasteiger partial charge on any atom is 0.224 e. The molecule has 1 saturated heterocycles. The summed E-state index contributed by atoms with van der Waals surface area (Å²) in [6.45, 7) is 9.26. The molecule has 1 aromatic rings. The van der Waals surface area contributed by atoms with Gasteiger partial charge in [0, 0.05) is 13.1 Å². The van der Waals surface area contributed by atoms with E-state index in [2.05, 4.69) is 36.2 Å². The molecular weight excluding hydrogens is 248 g/mol. The Balaban J connectivity index is 1.84. The number of hydrogen-bond donors (Lipinski definition) is 1. The Morgan fingerprint density at radius 2 is 2.05 bits per heavy atom. The van der Waals surface area contributed by atoms with Crippen LogP contribution >= 0.6 is 0 Å². The molecule has 109 valence electrons. The first-order chi connectivity index (χ1) is 9.56. The van der Waals surface area contributed by atoms with E-state index in [9.17, 15) is 4.79 Å². The van der Waals surface area contributed by atoms with E-state index in [1.807, 2.05) is 25.1 Å². The lowest BCUT2D eigenvalue weighted by molar-refractivity contribution is -0.125. The van der Waals surface area contributed by atoms with Gasteiger partial charge in [0.2, 0.25) is 5.91 Å². The maximum atomic E-state index is 12.3. The summed E-state index contributed by atoms with van der Waals surface area (Å²) >= 11 is 0. The largest absolute Gasteiger partial charge is 0.349 e. The van der Waals surface area contributed by atoms with Gasteiger partial charge in [-0.3, -0.25) is 4.79 Å². The Hall–Kier alpha value is -1.35. The molecule has 1 aliphatic heterocycles. The number of nitrogens with zero attached hydrogens (tertiary/aromatic N) is 1. The van der Waals surface area contributed by atoms with Crippen LogP contribution in [0.2, 0.25) is 0 Å². The van der Waals surface area contributed by atoms with E-state index in [1.165, 1.54) is 5.92 Å². The Labute approximate surface area is 122 Å². The van der Waals surface area contributed by atoms with Gasteiger partial charge in [0.25, 0.3) is 0 Å². The van der Waals surface area contributed by atoms with E-state index < -0.39 is 0 Å². The Kier molecular flexibility index (Phi) is 5.18. The van der Waals surface area contributed by atoms with Gasteiger partial charge >= 0.3 is 0 Å². The second-order valence-corrected chi connectivity index (χ2v) is 6.07. The van der Waals surface area contributed by atoms with Gasteiger partial charge < -0.3 is 10.2 Å². The number of nitrogens with one attached hydrogen (secondary N) is 1. The van der Waals surface area contributed by atoms with Crippen LogP contribution < -0.4 is 5.32 Å². The van der Waals surface area contributed by atoms with Crippen LogP contribution in [0.4, 0.5) is 0 Å². The van der Waals surface area contributed by atoms with Crippen LogP contribution in [0.15, 0.2) is 30.3 Å². The standard InChI is InChI=1S/C17H25N2O/c1-13(2)11-19-10-9-16(12-19)17(20)18-14(3)15-7-5-4-6-8-15/h4-8,14,16H,9-12H2,1-3H3,(H,18,20)/t14-,16+/m1/s1. The summed E-state index contributed by atoms with van der Waals surface area (Å²) in [5.74, 6) is 1.74. The van der Waals surface area contributed by atoms with Gasteiger partial charge in [-0.15, -0.1) is 0 Å². The third-order valence-corrected chi connectivity index (χ3v) is 3.84. The normalized spacial score (nSPS) is 21.1. The minimum Gasteiger partial charge on any atom is -0.349 e. The zero-order chi connectivity index (χ0) is 14.5. The molecule has 1 aliphatic rings. The van der Waals surface area contributed by atoms with E-state index in [0.717, 1.165) is 31.6 Å². The zero-order valence-electron chi connectivity index (χ0n) is 12.7.